The van der Waals surface area contributed by atoms with E-state index in [2.05, 4.69) is 46.4 Å². The monoisotopic (exact) mass is 255 g/mol. The number of benzene rings is 1. The number of nitrogens with zero attached hydrogens (tertiary/aromatic N) is 1. The summed E-state index contributed by atoms with van der Waals surface area (Å²) in [6.45, 7) is 5.46. The van der Waals surface area contributed by atoms with Gasteiger partial charge in [0.05, 0.1) is 0 Å². The van der Waals surface area contributed by atoms with Crippen molar-refractivity contribution in [2.45, 2.75) is 26.3 Å². The standard InChI is InChI=1S/C16H21N3/c1-13-10-15(19-8-2-3-9-19)4-5-16(13)18-12-14-6-7-17-11-14/h4-7,10-11,17-18H,2-3,8-9,12H2,1H3. The molecule has 1 aromatic carbocycles. The Labute approximate surface area is 114 Å². The molecule has 1 aromatic heterocycles. The molecule has 1 aliphatic rings. The molecule has 19 heavy (non-hydrogen) atoms. The normalized spacial score (nSPS) is 14.9. The summed E-state index contributed by atoms with van der Waals surface area (Å²) in [5, 5.41) is 3.49. The van der Waals surface area contributed by atoms with Gasteiger partial charge in [-0.05, 0) is 55.2 Å². The second-order valence-corrected chi connectivity index (χ2v) is 5.27. The van der Waals surface area contributed by atoms with Crippen molar-refractivity contribution >= 4 is 11.4 Å². The highest BCUT2D eigenvalue weighted by molar-refractivity contribution is 5.60. The maximum Gasteiger partial charge on any atom is 0.0415 e. The zero-order valence-corrected chi connectivity index (χ0v) is 11.4. The van der Waals surface area contributed by atoms with Gasteiger partial charge in [-0.2, -0.15) is 0 Å². The molecule has 1 saturated heterocycles. The van der Waals surface area contributed by atoms with E-state index in [0.717, 1.165) is 6.54 Å². The number of rotatable bonds is 4. The number of aromatic nitrogens is 1. The first-order chi connectivity index (χ1) is 9.33. The molecule has 1 fully saturated rings. The van der Waals surface area contributed by atoms with Crippen LogP contribution >= 0.6 is 0 Å². The second-order valence-electron chi connectivity index (χ2n) is 5.27. The summed E-state index contributed by atoms with van der Waals surface area (Å²) >= 11 is 0. The third-order valence-electron chi connectivity index (χ3n) is 3.83. The first-order valence-corrected chi connectivity index (χ1v) is 7.04. The first kappa shape index (κ1) is 12.2. The molecule has 0 amide bonds. The highest BCUT2D eigenvalue weighted by atomic mass is 15.1. The Hall–Kier alpha value is -1.90. The van der Waals surface area contributed by atoms with E-state index >= 15 is 0 Å². The summed E-state index contributed by atoms with van der Waals surface area (Å²) in [5.41, 5.74) is 5.19. The van der Waals surface area contributed by atoms with Crippen LogP contribution in [0.4, 0.5) is 11.4 Å². The van der Waals surface area contributed by atoms with Gasteiger partial charge in [0.25, 0.3) is 0 Å². The first-order valence-electron chi connectivity index (χ1n) is 7.04. The molecule has 3 heteroatoms. The average Bonchev–Trinajstić information content (AvgIpc) is 3.10. The molecule has 0 atom stereocenters. The van der Waals surface area contributed by atoms with Crippen LogP contribution in [0.15, 0.2) is 36.7 Å². The lowest BCUT2D eigenvalue weighted by molar-refractivity contribution is 0.949. The molecule has 2 N–H and O–H groups in total. The highest BCUT2D eigenvalue weighted by Crippen LogP contribution is 2.25. The second kappa shape index (κ2) is 5.39. The largest absolute Gasteiger partial charge is 0.381 e. The van der Waals surface area contributed by atoms with E-state index in [1.54, 1.807) is 0 Å². The molecule has 0 saturated carbocycles. The molecule has 1 aliphatic heterocycles. The Morgan fingerprint density at radius 2 is 2.05 bits per heavy atom. The van der Waals surface area contributed by atoms with Gasteiger partial charge in [0.15, 0.2) is 0 Å². The third-order valence-corrected chi connectivity index (χ3v) is 3.83. The number of hydrogen-bond donors (Lipinski definition) is 2. The number of aromatic amines is 1. The number of aryl methyl sites for hydroxylation is 1. The van der Waals surface area contributed by atoms with Crippen LogP contribution in [0.1, 0.15) is 24.0 Å². The van der Waals surface area contributed by atoms with Crippen molar-refractivity contribution < 1.29 is 0 Å². The van der Waals surface area contributed by atoms with Crippen molar-refractivity contribution in [3.63, 3.8) is 0 Å². The van der Waals surface area contributed by atoms with Gasteiger partial charge in [0.1, 0.15) is 0 Å². The van der Waals surface area contributed by atoms with Crippen LogP contribution in [0.3, 0.4) is 0 Å². The third kappa shape index (κ3) is 2.75. The fraction of sp³-hybridized carbons (Fsp3) is 0.375. The van der Waals surface area contributed by atoms with Gasteiger partial charge in [-0.1, -0.05) is 0 Å². The van der Waals surface area contributed by atoms with Crippen molar-refractivity contribution in [3.8, 4) is 0 Å². The van der Waals surface area contributed by atoms with Crippen LogP contribution in [0, 0.1) is 6.92 Å². The zero-order valence-electron chi connectivity index (χ0n) is 11.4. The van der Waals surface area contributed by atoms with E-state index in [9.17, 15) is 0 Å². The molecule has 0 spiro atoms. The van der Waals surface area contributed by atoms with Crippen LogP contribution < -0.4 is 10.2 Å². The van der Waals surface area contributed by atoms with E-state index < -0.39 is 0 Å². The quantitative estimate of drug-likeness (QED) is 0.875. The van der Waals surface area contributed by atoms with Gasteiger partial charge >= 0.3 is 0 Å². The van der Waals surface area contributed by atoms with E-state index in [0.29, 0.717) is 0 Å². The van der Waals surface area contributed by atoms with Crippen molar-refractivity contribution in [3.05, 3.63) is 47.8 Å². The molecule has 3 nitrogen and oxygen atoms in total. The van der Waals surface area contributed by atoms with Gasteiger partial charge in [0, 0.05) is 43.4 Å². The molecule has 0 unspecified atom stereocenters. The maximum absolute atomic E-state index is 3.49. The minimum absolute atomic E-state index is 0.868. The van der Waals surface area contributed by atoms with Crippen LogP contribution in [0.25, 0.3) is 0 Å². The number of nitrogens with one attached hydrogen (secondary N) is 2. The molecule has 0 radical (unpaired) electrons. The van der Waals surface area contributed by atoms with Crippen LogP contribution in [0.5, 0.6) is 0 Å². The fourth-order valence-corrected chi connectivity index (χ4v) is 2.68. The Morgan fingerprint density at radius 3 is 2.74 bits per heavy atom. The van der Waals surface area contributed by atoms with Crippen LogP contribution in [0.2, 0.25) is 0 Å². The summed E-state index contributed by atoms with van der Waals surface area (Å²) in [5.74, 6) is 0. The number of H-pyrrole nitrogens is 1. The van der Waals surface area contributed by atoms with Crippen molar-refractivity contribution in [2.24, 2.45) is 0 Å². The lowest BCUT2D eigenvalue weighted by Gasteiger charge is -2.19. The minimum atomic E-state index is 0.868. The van der Waals surface area contributed by atoms with E-state index in [4.69, 9.17) is 0 Å². The SMILES string of the molecule is Cc1cc(N2CCCC2)ccc1NCc1cc[nH]c1. The zero-order chi connectivity index (χ0) is 13.1. The highest BCUT2D eigenvalue weighted by Gasteiger charge is 2.12. The molecular formula is C16H21N3. The Bertz CT molecular complexity index is 525. The summed E-state index contributed by atoms with van der Waals surface area (Å²) in [6.07, 6.45) is 6.64. The summed E-state index contributed by atoms with van der Waals surface area (Å²) in [4.78, 5) is 5.56. The number of anilines is 2. The van der Waals surface area contributed by atoms with Gasteiger partial charge in [-0.25, -0.2) is 0 Å². The van der Waals surface area contributed by atoms with E-state index in [-0.39, 0.29) is 0 Å². The molecule has 2 heterocycles. The van der Waals surface area contributed by atoms with E-state index in [1.165, 1.54) is 48.4 Å². The molecule has 3 rings (SSSR count). The summed E-state index contributed by atoms with van der Waals surface area (Å²) in [7, 11) is 0. The fourth-order valence-electron chi connectivity index (χ4n) is 2.68. The van der Waals surface area contributed by atoms with Gasteiger partial charge < -0.3 is 15.2 Å². The predicted molar refractivity (Wildman–Crippen MR) is 80.7 cm³/mol. The van der Waals surface area contributed by atoms with Crippen LogP contribution in [-0.2, 0) is 6.54 Å². The average molecular weight is 255 g/mol. The molecule has 0 bridgehead atoms. The Morgan fingerprint density at radius 1 is 1.21 bits per heavy atom. The predicted octanol–water partition coefficient (Wildman–Crippen LogP) is 3.54. The molecule has 100 valence electrons. The smallest absolute Gasteiger partial charge is 0.0415 e. The van der Waals surface area contributed by atoms with Gasteiger partial charge in [0.2, 0.25) is 0 Å². The maximum atomic E-state index is 3.49. The van der Waals surface area contributed by atoms with Crippen molar-refractivity contribution in [1.82, 2.24) is 4.98 Å². The Balaban J connectivity index is 1.68. The summed E-state index contributed by atoms with van der Waals surface area (Å²) in [6, 6.07) is 8.83. The summed E-state index contributed by atoms with van der Waals surface area (Å²) < 4.78 is 0. The van der Waals surface area contributed by atoms with Crippen LogP contribution in [-0.4, -0.2) is 18.1 Å². The van der Waals surface area contributed by atoms with Gasteiger partial charge in [-0.3, -0.25) is 0 Å². The topological polar surface area (TPSA) is 31.1 Å². The lowest BCUT2D eigenvalue weighted by Crippen LogP contribution is -2.17. The molecular weight excluding hydrogens is 234 g/mol. The lowest BCUT2D eigenvalue weighted by atomic mass is 10.1. The molecule has 0 aliphatic carbocycles. The van der Waals surface area contributed by atoms with Crippen molar-refractivity contribution in [1.29, 1.82) is 0 Å². The minimum Gasteiger partial charge on any atom is -0.381 e. The number of hydrogen-bond acceptors (Lipinski definition) is 2. The van der Waals surface area contributed by atoms with Crippen molar-refractivity contribution in [2.75, 3.05) is 23.3 Å². The van der Waals surface area contributed by atoms with E-state index in [1.807, 2.05) is 12.4 Å². The molecule has 2 aromatic rings. The van der Waals surface area contributed by atoms with Gasteiger partial charge in [-0.15, -0.1) is 0 Å². The Kier molecular flexibility index (Phi) is 3.45.